The standard InChI is InChI=1S/C8H13NS2/c1-3-10-5-4-8-9-6-7(2)11-8/h6H,3-5H2,1-2H3. The third-order valence-electron chi connectivity index (χ3n) is 1.33. The van der Waals surface area contributed by atoms with Gasteiger partial charge in [-0.1, -0.05) is 6.92 Å². The molecule has 11 heavy (non-hydrogen) atoms. The van der Waals surface area contributed by atoms with Crippen molar-refractivity contribution in [3.05, 3.63) is 16.1 Å². The molecule has 62 valence electrons. The molecular formula is C8H13NS2. The Hall–Kier alpha value is -0.0200. The van der Waals surface area contributed by atoms with Gasteiger partial charge in [-0.25, -0.2) is 4.98 Å². The van der Waals surface area contributed by atoms with E-state index in [1.807, 2.05) is 29.3 Å². The molecule has 0 saturated carbocycles. The van der Waals surface area contributed by atoms with E-state index in [1.54, 1.807) is 0 Å². The smallest absolute Gasteiger partial charge is 0.0935 e. The number of hydrogen-bond acceptors (Lipinski definition) is 3. The molecule has 0 aliphatic carbocycles. The van der Waals surface area contributed by atoms with Gasteiger partial charge in [-0.05, 0) is 18.4 Å². The molecule has 0 saturated heterocycles. The largest absolute Gasteiger partial charge is 0.249 e. The lowest BCUT2D eigenvalue weighted by atomic mass is 10.5. The van der Waals surface area contributed by atoms with E-state index in [0.29, 0.717) is 0 Å². The molecule has 1 nitrogen and oxygen atoms in total. The first-order valence-electron chi connectivity index (χ1n) is 3.82. The van der Waals surface area contributed by atoms with Crippen molar-refractivity contribution in [1.29, 1.82) is 0 Å². The molecule has 0 aromatic carbocycles. The predicted molar refractivity (Wildman–Crippen MR) is 53.6 cm³/mol. The Morgan fingerprint density at radius 3 is 3.00 bits per heavy atom. The second-order valence-electron chi connectivity index (χ2n) is 2.31. The van der Waals surface area contributed by atoms with Gasteiger partial charge in [-0.15, -0.1) is 11.3 Å². The highest BCUT2D eigenvalue weighted by atomic mass is 32.2. The molecule has 0 atom stereocenters. The molecule has 0 bridgehead atoms. The number of nitrogens with zero attached hydrogens (tertiary/aromatic N) is 1. The van der Waals surface area contributed by atoms with Crippen LogP contribution in [0, 0.1) is 6.92 Å². The normalized spacial score (nSPS) is 10.4. The van der Waals surface area contributed by atoms with Crippen LogP contribution < -0.4 is 0 Å². The van der Waals surface area contributed by atoms with E-state index in [2.05, 4.69) is 18.8 Å². The average Bonchev–Trinajstić information content (AvgIpc) is 2.37. The SMILES string of the molecule is CCSCCc1ncc(C)s1. The summed E-state index contributed by atoms with van der Waals surface area (Å²) in [5, 5.41) is 1.28. The molecule has 1 aromatic rings. The lowest BCUT2D eigenvalue weighted by Crippen LogP contribution is -1.86. The Labute approximate surface area is 76.2 Å². The molecule has 1 heterocycles. The van der Waals surface area contributed by atoms with Gasteiger partial charge in [0.1, 0.15) is 0 Å². The van der Waals surface area contributed by atoms with Crippen LogP contribution in [0.5, 0.6) is 0 Å². The molecule has 0 aliphatic heterocycles. The number of hydrogen-bond donors (Lipinski definition) is 0. The Morgan fingerprint density at radius 1 is 1.64 bits per heavy atom. The first-order chi connectivity index (χ1) is 5.33. The summed E-state index contributed by atoms with van der Waals surface area (Å²) in [6, 6.07) is 0. The van der Waals surface area contributed by atoms with E-state index >= 15 is 0 Å². The van der Waals surface area contributed by atoms with Gasteiger partial charge >= 0.3 is 0 Å². The van der Waals surface area contributed by atoms with Gasteiger partial charge in [-0.2, -0.15) is 11.8 Å². The van der Waals surface area contributed by atoms with Crippen LogP contribution in [-0.2, 0) is 6.42 Å². The van der Waals surface area contributed by atoms with E-state index < -0.39 is 0 Å². The number of aromatic nitrogens is 1. The Bertz CT molecular complexity index is 208. The fourth-order valence-electron chi connectivity index (χ4n) is 0.821. The first kappa shape index (κ1) is 9.07. The molecule has 0 N–H and O–H groups in total. The fraction of sp³-hybridized carbons (Fsp3) is 0.625. The second kappa shape index (κ2) is 4.78. The van der Waals surface area contributed by atoms with Gasteiger partial charge in [0.25, 0.3) is 0 Å². The van der Waals surface area contributed by atoms with Crippen LogP contribution in [0.1, 0.15) is 16.8 Å². The van der Waals surface area contributed by atoms with Crippen LogP contribution in [0.2, 0.25) is 0 Å². The van der Waals surface area contributed by atoms with Crippen molar-refractivity contribution < 1.29 is 0 Å². The summed E-state index contributed by atoms with van der Waals surface area (Å²) < 4.78 is 0. The molecule has 0 fully saturated rings. The average molecular weight is 187 g/mol. The number of thiazole rings is 1. The van der Waals surface area contributed by atoms with Crippen molar-refractivity contribution in [2.75, 3.05) is 11.5 Å². The predicted octanol–water partition coefficient (Wildman–Crippen LogP) is 2.75. The zero-order valence-corrected chi connectivity index (χ0v) is 8.60. The van der Waals surface area contributed by atoms with Gasteiger partial charge in [0.15, 0.2) is 0 Å². The van der Waals surface area contributed by atoms with Gasteiger partial charge in [0.05, 0.1) is 5.01 Å². The molecular weight excluding hydrogens is 174 g/mol. The number of rotatable bonds is 4. The van der Waals surface area contributed by atoms with Crippen LogP contribution in [0.3, 0.4) is 0 Å². The van der Waals surface area contributed by atoms with Crippen LogP contribution >= 0.6 is 23.1 Å². The van der Waals surface area contributed by atoms with Gasteiger partial charge < -0.3 is 0 Å². The Balaban J connectivity index is 2.27. The minimum atomic E-state index is 1.14. The third kappa shape index (κ3) is 3.25. The highest BCUT2D eigenvalue weighted by molar-refractivity contribution is 7.99. The highest BCUT2D eigenvalue weighted by Gasteiger charge is 1.96. The maximum Gasteiger partial charge on any atom is 0.0935 e. The van der Waals surface area contributed by atoms with Crippen LogP contribution in [0.15, 0.2) is 6.20 Å². The van der Waals surface area contributed by atoms with E-state index in [1.165, 1.54) is 21.4 Å². The number of thioether (sulfide) groups is 1. The van der Waals surface area contributed by atoms with E-state index in [0.717, 1.165) is 6.42 Å². The summed E-state index contributed by atoms with van der Waals surface area (Å²) in [5.41, 5.74) is 0. The monoisotopic (exact) mass is 187 g/mol. The molecule has 0 unspecified atom stereocenters. The van der Waals surface area contributed by atoms with Crippen LogP contribution in [-0.4, -0.2) is 16.5 Å². The zero-order chi connectivity index (χ0) is 8.10. The van der Waals surface area contributed by atoms with Crippen molar-refractivity contribution >= 4 is 23.1 Å². The summed E-state index contributed by atoms with van der Waals surface area (Å²) >= 11 is 3.79. The van der Waals surface area contributed by atoms with Crippen molar-refractivity contribution in [3.8, 4) is 0 Å². The number of aryl methyl sites for hydroxylation is 2. The fourth-order valence-corrected chi connectivity index (χ4v) is 2.36. The topological polar surface area (TPSA) is 12.9 Å². The van der Waals surface area contributed by atoms with Crippen molar-refractivity contribution in [2.24, 2.45) is 0 Å². The molecule has 0 radical (unpaired) electrons. The van der Waals surface area contributed by atoms with Crippen molar-refractivity contribution in [3.63, 3.8) is 0 Å². The van der Waals surface area contributed by atoms with Crippen molar-refractivity contribution in [2.45, 2.75) is 20.3 Å². The van der Waals surface area contributed by atoms with Crippen molar-refractivity contribution in [1.82, 2.24) is 4.98 Å². The molecule has 1 aromatic heterocycles. The third-order valence-corrected chi connectivity index (χ3v) is 3.21. The molecule has 3 heteroatoms. The summed E-state index contributed by atoms with van der Waals surface area (Å²) in [6.45, 7) is 4.30. The molecule has 0 spiro atoms. The minimum absolute atomic E-state index is 1.14. The van der Waals surface area contributed by atoms with E-state index in [-0.39, 0.29) is 0 Å². The molecule has 0 aliphatic rings. The summed E-state index contributed by atoms with van der Waals surface area (Å²) in [4.78, 5) is 5.61. The van der Waals surface area contributed by atoms with E-state index in [4.69, 9.17) is 0 Å². The molecule has 1 rings (SSSR count). The minimum Gasteiger partial charge on any atom is -0.249 e. The van der Waals surface area contributed by atoms with Crippen LogP contribution in [0.25, 0.3) is 0 Å². The summed E-state index contributed by atoms with van der Waals surface area (Å²) in [6.07, 6.45) is 3.09. The quantitative estimate of drug-likeness (QED) is 0.672. The molecule has 0 amide bonds. The van der Waals surface area contributed by atoms with Crippen LogP contribution in [0.4, 0.5) is 0 Å². The Kier molecular flexibility index (Phi) is 3.94. The zero-order valence-electron chi connectivity index (χ0n) is 6.96. The first-order valence-corrected chi connectivity index (χ1v) is 5.79. The van der Waals surface area contributed by atoms with Gasteiger partial charge in [0, 0.05) is 17.5 Å². The highest BCUT2D eigenvalue weighted by Crippen LogP contribution is 2.13. The second-order valence-corrected chi connectivity index (χ2v) is 5.02. The maximum atomic E-state index is 4.29. The summed E-state index contributed by atoms with van der Waals surface area (Å²) in [5.74, 6) is 2.42. The Morgan fingerprint density at radius 2 is 2.45 bits per heavy atom. The van der Waals surface area contributed by atoms with Gasteiger partial charge in [0.2, 0.25) is 0 Å². The summed E-state index contributed by atoms with van der Waals surface area (Å²) in [7, 11) is 0. The lowest BCUT2D eigenvalue weighted by molar-refractivity contribution is 1.10. The van der Waals surface area contributed by atoms with E-state index in [9.17, 15) is 0 Å². The lowest BCUT2D eigenvalue weighted by Gasteiger charge is -1.93. The maximum absolute atomic E-state index is 4.29. The van der Waals surface area contributed by atoms with Gasteiger partial charge in [-0.3, -0.25) is 0 Å².